The Kier molecular flexibility index (Phi) is 3.74. The van der Waals surface area contributed by atoms with Gasteiger partial charge in [-0.15, -0.1) is 0 Å². The van der Waals surface area contributed by atoms with Gasteiger partial charge in [-0.2, -0.15) is 0 Å². The highest BCUT2D eigenvalue weighted by atomic mass is 19.1. The molecule has 0 amide bonds. The first-order valence-electron chi connectivity index (χ1n) is 6.65. The van der Waals surface area contributed by atoms with E-state index in [1.807, 2.05) is 0 Å². The van der Waals surface area contributed by atoms with Crippen molar-refractivity contribution in [2.75, 3.05) is 0 Å². The third-order valence-electron chi connectivity index (χ3n) is 3.27. The lowest BCUT2D eigenvalue weighted by atomic mass is 9.98. The summed E-state index contributed by atoms with van der Waals surface area (Å²) >= 11 is 0. The summed E-state index contributed by atoms with van der Waals surface area (Å²) in [6, 6.07) is 15.2. The normalized spacial score (nSPS) is 10.5. The fourth-order valence-electron chi connectivity index (χ4n) is 2.28. The van der Waals surface area contributed by atoms with Crippen molar-refractivity contribution in [3.63, 3.8) is 0 Å². The Bertz CT molecular complexity index is 846. The highest BCUT2D eigenvalue weighted by Gasteiger charge is 2.11. The van der Waals surface area contributed by atoms with E-state index in [0.717, 1.165) is 0 Å². The molecule has 3 rings (SSSR count). The van der Waals surface area contributed by atoms with Crippen molar-refractivity contribution >= 4 is 6.29 Å². The number of pyridine rings is 1. The standard InChI is InChI=1S/C18H11F2NO/c19-14-5-1-3-12(9-14)17-8-7-16(11-22)21-18(17)13-4-2-6-15(20)10-13/h1-11H. The number of benzene rings is 2. The Labute approximate surface area is 126 Å². The molecule has 0 fully saturated rings. The second kappa shape index (κ2) is 5.85. The minimum atomic E-state index is -0.402. The molecule has 0 saturated heterocycles. The number of nitrogens with zero attached hydrogens (tertiary/aromatic N) is 1. The molecule has 0 spiro atoms. The van der Waals surface area contributed by atoms with Crippen molar-refractivity contribution in [3.8, 4) is 22.4 Å². The van der Waals surface area contributed by atoms with Gasteiger partial charge in [0.2, 0.25) is 0 Å². The molecule has 0 bridgehead atoms. The van der Waals surface area contributed by atoms with E-state index in [0.29, 0.717) is 28.7 Å². The smallest absolute Gasteiger partial charge is 0.168 e. The van der Waals surface area contributed by atoms with Crippen LogP contribution in [0.3, 0.4) is 0 Å². The van der Waals surface area contributed by atoms with E-state index in [9.17, 15) is 13.6 Å². The predicted octanol–water partition coefficient (Wildman–Crippen LogP) is 4.51. The van der Waals surface area contributed by atoms with Crippen LogP contribution in [0.5, 0.6) is 0 Å². The molecular formula is C18H11F2NO. The lowest BCUT2D eigenvalue weighted by molar-refractivity contribution is 0.111. The fourth-order valence-corrected chi connectivity index (χ4v) is 2.28. The zero-order chi connectivity index (χ0) is 15.5. The van der Waals surface area contributed by atoms with Gasteiger partial charge in [0.15, 0.2) is 6.29 Å². The first kappa shape index (κ1) is 14.1. The molecule has 108 valence electrons. The molecule has 0 aliphatic rings. The van der Waals surface area contributed by atoms with Crippen LogP contribution >= 0.6 is 0 Å². The minimum Gasteiger partial charge on any atom is -0.296 e. The number of hydrogen-bond acceptors (Lipinski definition) is 2. The van der Waals surface area contributed by atoms with Crippen LogP contribution in [0.25, 0.3) is 22.4 Å². The highest BCUT2D eigenvalue weighted by Crippen LogP contribution is 2.31. The molecule has 2 aromatic carbocycles. The van der Waals surface area contributed by atoms with E-state index < -0.39 is 5.82 Å². The molecule has 3 aromatic rings. The molecular weight excluding hydrogens is 284 g/mol. The van der Waals surface area contributed by atoms with Crippen molar-refractivity contribution in [1.29, 1.82) is 0 Å². The van der Waals surface area contributed by atoms with Crippen LogP contribution < -0.4 is 0 Å². The largest absolute Gasteiger partial charge is 0.296 e. The summed E-state index contributed by atoms with van der Waals surface area (Å²) in [4.78, 5) is 15.2. The van der Waals surface area contributed by atoms with Crippen LogP contribution in [0.2, 0.25) is 0 Å². The van der Waals surface area contributed by atoms with E-state index in [1.54, 1.807) is 36.4 Å². The van der Waals surface area contributed by atoms with Crippen molar-refractivity contribution in [3.05, 3.63) is 78.0 Å². The van der Waals surface area contributed by atoms with Gasteiger partial charge in [-0.3, -0.25) is 4.79 Å². The van der Waals surface area contributed by atoms with Crippen molar-refractivity contribution < 1.29 is 13.6 Å². The van der Waals surface area contributed by atoms with Crippen LogP contribution in [0.1, 0.15) is 10.5 Å². The molecule has 0 saturated carbocycles. The van der Waals surface area contributed by atoms with Gasteiger partial charge >= 0.3 is 0 Å². The second-order valence-electron chi connectivity index (χ2n) is 4.77. The van der Waals surface area contributed by atoms with E-state index >= 15 is 0 Å². The Hall–Kier alpha value is -2.88. The van der Waals surface area contributed by atoms with E-state index in [-0.39, 0.29) is 11.5 Å². The SMILES string of the molecule is O=Cc1ccc(-c2cccc(F)c2)c(-c2cccc(F)c2)n1. The topological polar surface area (TPSA) is 30.0 Å². The van der Waals surface area contributed by atoms with E-state index in [4.69, 9.17) is 0 Å². The number of carbonyl (C=O) groups is 1. The molecule has 1 heterocycles. The fraction of sp³-hybridized carbons (Fsp3) is 0. The summed E-state index contributed by atoms with van der Waals surface area (Å²) in [5, 5.41) is 0. The molecule has 2 nitrogen and oxygen atoms in total. The van der Waals surface area contributed by atoms with Crippen LogP contribution in [-0.4, -0.2) is 11.3 Å². The summed E-state index contributed by atoms with van der Waals surface area (Å²) in [5.41, 5.74) is 2.46. The Morgan fingerprint density at radius 1 is 0.818 bits per heavy atom. The van der Waals surface area contributed by atoms with Crippen LogP contribution in [0, 0.1) is 11.6 Å². The molecule has 0 aliphatic heterocycles. The van der Waals surface area contributed by atoms with Gasteiger partial charge in [-0.25, -0.2) is 13.8 Å². The maximum atomic E-state index is 13.5. The van der Waals surface area contributed by atoms with Crippen LogP contribution in [-0.2, 0) is 0 Å². The molecule has 22 heavy (non-hydrogen) atoms. The number of aldehydes is 1. The maximum absolute atomic E-state index is 13.5. The Morgan fingerprint density at radius 3 is 2.09 bits per heavy atom. The highest BCUT2D eigenvalue weighted by molar-refractivity contribution is 5.84. The lowest BCUT2D eigenvalue weighted by Crippen LogP contribution is -1.95. The summed E-state index contributed by atoms with van der Waals surface area (Å²) in [6.45, 7) is 0. The molecule has 1 aromatic heterocycles. The quantitative estimate of drug-likeness (QED) is 0.666. The third kappa shape index (κ3) is 2.76. The number of aromatic nitrogens is 1. The zero-order valence-corrected chi connectivity index (χ0v) is 11.5. The van der Waals surface area contributed by atoms with E-state index in [2.05, 4.69) is 4.98 Å². The first-order chi connectivity index (χ1) is 10.7. The van der Waals surface area contributed by atoms with Crippen molar-refractivity contribution in [1.82, 2.24) is 4.98 Å². The molecule has 4 heteroatoms. The Balaban J connectivity index is 2.24. The van der Waals surface area contributed by atoms with Gasteiger partial charge in [-0.05, 0) is 42.0 Å². The molecule has 0 radical (unpaired) electrons. The first-order valence-corrected chi connectivity index (χ1v) is 6.65. The minimum absolute atomic E-state index is 0.236. The Morgan fingerprint density at radius 2 is 1.45 bits per heavy atom. The molecule has 0 aliphatic carbocycles. The summed E-state index contributed by atoms with van der Waals surface area (Å²) in [6.07, 6.45) is 0.623. The molecule has 0 atom stereocenters. The average molecular weight is 295 g/mol. The molecule has 0 N–H and O–H groups in total. The predicted molar refractivity (Wildman–Crippen MR) is 80.4 cm³/mol. The summed E-state index contributed by atoms with van der Waals surface area (Å²) in [7, 11) is 0. The van der Waals surface area contributed by atoms with Gasteiger partial charge in [0, 0.05) is 11.1 Å². The molecule has 0 unspecified atom stereocenters. The van der Waals surface area contributed by atoms with Gasteiger partial charge in [0.1, 0.15) is 17.3 Å². The monoisotopic (exact) mass is 295 g/mol. The van der Waals surface area contributed by atoms with Gasteiger partial charge in [0.25, 0.3) is 0 Å². The van der Waals surface area contributed by atoms with Crippen LogP contribution in [0.4, 0.5) is 8.78 Å². The van der Waals surface area contributed by atoms with Gasteiger partial charge in [0.05, 0.1) is 5.69 Å². The average Bonchev–Trinajstić information content (AvgIpc) is 2.54. The summed E-state index contributed by atoms with van der Waals surface area (Å²) in [5.74, 6) is -0.775. The van der Waals surface area contributed by atoms with E-state index in [1.165, 1.54) is 24.3 Å². The lowest BCUT2D eigenvalue weighted by Gasteiger charge is -2.10. The third-order valence-corrected chi connectivity index (χ3v) is 3.27. The van der Waals surface area contributed by atoms with Crippen molar-refractivity contribution in [2.24, 2.45) is 0 Å². The number of halogens is 2. The number of hydrogen-bond donors (Lipinski definition) is 0. The zero-order valence-electron chi connectivity index (χ0n) is 11.5. The van der Waals surface area contributed by atoms with Crippen LogP contribution in [0.15, 0.2) is 60.7 Å². The van der Waals surface area contributed by atoms with Gasteiger partial charge < -0.3 is 0 Å². The number of carbonyl (C=O) groups excluding carboxylic acids is 1. The van der Waals surface area contributed by atoms with Crippen molar-refractivity contribution in [2.45, 2.75) is 0 Å². The summed E-state index contributed by atoms with van der Waals surface area (Å²) < 4.78 is 26.9. The van der Waals surface area contributed by atoms with Gasteiger partial charge in [-0.1, -0.05) is 24.3 Å². The second-order valence-corrected chi connectivity index (χ2v) is 4.77. The maximum Gasteiger partial charge on any atom is 0.168 e. The number of rotatable bonds is 3.